The highest BCUT2D eigenvalue weighted by molar-refractivity contribution is 5.36. The van der Waals surface area contributed by atoms with Crippen LogP contribution in [-0.2, 0) is 6.42 Å². The lowest BCUT2D eigenvalue weighted by Gasteiger charge is -2.28. The lowest BCUT2D eigenvalue weighted by molar-refractivity contribution is 0.258. The molecule has 0 aliphatic carbocycles. The van der Waals surface area contributed by atoms with Crippen molar-refractivity contribution in [2.24, 2.45) is 0 Å². The van der Waals surface area contributed by atoms with Gasteiger partial charge in [-0.15, -0.1) is 0 Å². The smallest absolute Gasteiger partial charge is 0.122 e. The fourth-order valence-electron chi connectivity index (χ4n) is 2.36. The Morgan fingerprint density at radius 2 is 2.06 bits per heavy atom. The number of nitrogens with one attached hydrogen (secondary N) is 1. The van der Waals surface area contributed by atoms with Gasteiger partial charge in [-0.05, 0) is 18.1 Å². The molecule has 0 radical (unpaired) electrons. The number of piperazine rings is 1. The number of ether oxygens (including phenoxy) is 1. The van der Waals surface area contributed by atoms with Crippen molar-refractivity contribution in [3.05, 3.63) is 42.0 Å². The largest absolute Gasteiger partial charge is 0.496 e. The number of para-hydroxylation sites is 1. The predicted molar refractivity (Wildman–Crippen MR) is 75.1 cm³/mol. The van der Waals surface area contributed by atoms with E-state index in [-0.39, 0.29) is 0 Å². The number of hydrogen-bond acceptors (Lipinski definition) is 3. The fourth-order valence-corrected chi connectivity index (χ4v) is 2.36. The molecule has 0 bridgehead atoms. The molecule has 1 heterocycles. The molecule has 1 N–H and O–H groups in total. The normalized spacial score (nSPS) is 16.5. The molecule has 1 aromatic carbocycles. The number of benzene rings is 1. The molecule has 3 heteroatoms. The second-order valence-electron chi connectivity index (χ2n) is 4.76. The van der Waals surface area contributed by atoms with Gasteiger partial charge in [-0.25, -0.2) is 0 Å². The Morgan fingerprint density at radius 1 is 1.33 bits per heavy atom. The van der Waals surface area contributed by atoms with E-state index in [2.05, 4.69) is 28.9 Å². The number of rotatable bonds is 5. The summed E-state index contributed by atoms with van der Waals surface area (Å²) in [5, 5.41) is 3.36. The van der Waals surface area contributed by atoms with E-state index in [4.69, 9.17) is 4.74 Å². The van der Waals surface area contributed by atoms with Gasteiger partial charge < -0.3 is 10.1 Å². The third-order valence-corrected chi connectivity index (χ3v) is 3.29. The molecule has 2 rings (SSSR count). The molecule has 1 aliphatic rings. The highest BCUT2D eigenvalue weighted by Gasteiger charge is 2.11. The average molecular weight is 246 g/mol. The molecule has 1 fully saturated rings. The lowest BCUT2D eigenvalue weighted by Crippen LogP contribution is -2.44. The van der Waals surface area contributed by atoms with Crippen molar-refractivity contribution in [2.45, 2.75) is 6.42 Å². The summed E-state index contributed by atoms with van der Waals surface area (Å²) in [6.45, 7) is 9.59. The van der Waals surface area contributed by atoms with Gasteiger partial charge in [0, 0.05) is 32.7 Å². The summed E-state index contributed by atoms with van der Waals surface area (Å²) in [5.41, 5.74) is 2.47. The van der Waals surface area contributed by atoms with Crippen LogP contribution in [0.25, 0.3) is 0 Å². The Morgan fingerprint density at radius 3 is 2.78 bits per heavy atom. The van der Waals surface area contributed by atoms with Gasteiger partial charge in [-0.3, -0.25) is 4.90 Å². The number of nitrogens with zero attached hydrogens (tertiary/aromatic N) is 1. The van der Waals surface area contributed by atoms with Gasteiger partial charge in [0.25, 0.3) is 0 Å². The summed E-state index contributed by atoms with van der Waals surface area (Å²) in [6, 6.07) is 8.17. The van der Waals surface area contributed by atoms with Crippen LogP contribution in [0.4, 0.5) is 0 Å². The molecule has 0 saturated carbocycles. The number of methoxy groups -OCH3 is 1. The van der Waals surface area contributed by atoms with E-state index in [1.807, 2.05) is 12.1 Å². The van der Waals surface area contributed by atoms with Gasteiger partial charge in [0.05, 0.1) is 7.11 Å². The van der Waals surface area contributed by atoms with Crippen molar-refractivity contribution in [1.82, 2.24) is 10.2 Å². The summed E-state index contributed by atoms with van der Waals surface area (Å²) in [4.78, 5) is 2.45. The summed E-state index contributed by atoms with van der Waals surface area (Å²) in [6.07, 6.45) is 0.897. The minimum absolute atomic E-state index is 0.897. The maximum absolute atomic E-state index is 5.37. The molecule has 1 saturated heterocycles. The van der Waals surface area contributed by atoms with Crippen molar-refractivity contribution in [3.8, 4) is 5.75 Å². The Hall–Kier alpha value is -1.32. The Kier molecular flexibility index (Phi) is 4.79. The highest BCUT2D eigenvalue weighted by atomic mass is 16.5. The van der Waals surface area contributed by atoms with Crippen LogP contribution in [0, 0.1) is 0 Å². The van der Waals surface area contributed by atoms with Gasteiger partial charge in [-0.1, -0.05) is 30.4 Å². The monoisotopic (exact) mass is 246 g/mol. The van der Waals surface area contributed by atoms with Gasteiger partial charge in [-0.2, -0.15) is 0 Å². The van der Waals surface area contributed by atoms with E-state index >= 15 is 0 Å². The summed E-state index contributed by atoms with van der Waals surface area (Å²) >= 11 is 0. The van der Waals surface area contributed by atoms with E-state index in [0.717, 1.165) is 44.9 Å². The first-order valence-corrected chi connectivity index (χ1v) is 6.51. The van der Waals surface area contributed by atoms with Crippen LogP contribution in [0.1, 0.15) is 5.56 Å². The third kappa shape index (κ3) is 3.59. The van der Waals surface area contributed by atoms with Crippen LogP contribution in [0.3, 0.4) is 0 Å². The molecule has 1 aromatic rings. The molecule has 0 aromatic heterocycles. The predicted octanol–water partition coefficient (Wildman–Crippen LogP) is 1.70. The van der Waals surface area contributed by atoms with Crippen LogP contribution >= 0.6 is 0 Å². The van der Waals surface area contributed by atoms with Crippen LogP contribution in [0.2, 0.25) is 0 Å². The second-order valence-corrected chi connectivity index (χ2v) is 4.76. The SMILES string of the molecule is C=C(Cc1ccccc1OC)CN1CCNCC1. The van der Waals surface area contributed by atoms with Crippen molar-refractivity contribution < 1.29 is 4.74 Å². The second kappa shape index (κ2) is 6.57. The summed E-state index contributed by atoms with van der Waals surface area (Å²) < 4.78 is 5.37. The quantitative estimate of drug-likeness (QED) is 0.800. The summed E-state index contributed by atoms with van der Waals surface area (Å²) in [7, 11) is 1.72. The zero-order valence-corrected chi connectivity index (χ0v) is 11.1. The van der Waals surface area contributed by atoms with Crippen LogP contribution in [-0.4, -0.2) is 44.7 Å². The molecular weight excluding hydrogens is 224 g/mol. The van der Waals surface area contributed by atoms with Gasteiger partial charge in [0.2, 0.25) is 0 Å². The first-order valence-electron chi connectivity index (χ1n) is 6.51. The zero-order chi connectivity index (χ0) is 12.8. The van der Waals surface area contributed by atoms with Crippen LogP contribution in [0.15, 0.2) is 36.4 Å². The molecule has 18 heavy (non-hydrogen) atoms. The molecular formula is C15H22N2O. The van der Waals surface area contributed by atoms with E-state index < -0.39 is 0 Å². The van der Waals surface area contributed by atoms with E-state index in [0.29, 0.717) is 0 Å². The van der Waals surface area contributed by atoms with Crippen LogP contribution in [0.5, 0.6) is 5.75 Å². The third-order valence-electron chi connectivity index (χ3n) is 3.29. The van der Waals surface area contributed by atoms with E-state index in [1.165, 1.54) is 11.1 Å². The molecule has 3 nitrogen and oxygen atoms in total. The average Bonchev–Trinajstić information content (AvgIpc) is 2.40. The van der Waals surface area contributed by atoms with Crippen molar-refractivity contribution in [1.29, 1.82) is 0 Å². The van der Waals surface area contributed by atoms with Crippen molar-refractivity contribution in [3.63, 3.8) is 0 Å². The highest BCUT2D eigenvalue weighted by Crippen LogP contribution is 2.20. The maximum atomic E-state index is 5.37. The zero-order valence-electron chi connectivity index (χ0n) is 11.1. The minimum Gasteiger partial charge on any atom is -0.496 e. The fraction of sp³-hybridized carbons (Fsp3) is 0.467. The first kappa shape index (κ1) is 13.1. The first-order chi connectivity index (χ1) is 8.79. The van der Waals surface area contributed by atoms with Crippen molar-refractivity contribution >= 4 is 0 Å². The Balaban J connectivity index is 1.90. The van der Waals surface area contributed by atoms with Crippen molar-refractivity contribution in [2.75, 3.05) is 39.8 Å². The molecule has 0 spiro atoms. The Bertz CT molecular complexity index is 397. The lowest BCUT2D eigenvalue weighted by atomic mass is 10.0. The maximum Gasteiger partial charge on any atom is 0.122 e. The van der Waals surface area contributed by atoms with E-state index in [9.17, 15) is 0 Å². The standard InChI is InChI=1S/C15H22N2O/c1-13(12-17-9-7-16-8-10-17)11-14-5-3-4-6-15(14)18-2/h3-6,16H,1,7-12H2,2H3. The Labute approximate surface area is 109 Å². The number of hydrogen-bond donors (Lipinski definition) is 1. The molecule has 0 amide bonds. The van der Waals surface area contributed by atoms with E-state index in [1.54, 1.807) is 7.11 Å². The minimum atomic E-state index is 0.897. The molecule has 1 aliphatic heterocycles. The van der Waals surface area contributed by atoms with Gasteiger partial charge in [0.15, 0.2) is 0 Å². The summed E-state index contributed by atoms with van der Waals surface area (Å²) in [5.74, 6) is 0.957. The molecule has 0 atom stereocenters. The van der Waals surface area contributed by atoms with Gasteiger partial charge >= 0.3 is 0 Å². The molecule has 0 unspecified atom stereocenters. The van der Waals surface area contributed by atoms with Crippen LogP contribution < -0.4 is 10.1 Å². The molecule has 98 valence electrons. The van der Waals surface area contributed by atoms with Gasteiger partial charge in [0.1, 0.15) is 5.75 Å². The topological polar surface area (TPSA) is 24.5 Å².